The number of nitrogen functional groups attached to an aromatic ring is 1. The standard InChI is InChI=1S/C25H31ClN10S/c1-2-17-21(26)20-23(31-17)33-25(34-24(20)36-8-5-14(27)12-36)37-15-3-4-16-18(11-15)30-19(32-22(16)28)13-35-9-6-29-7-10-35/h3-4,11,14,29H,2,5-10,12-13,27H2,1H3,(H2,28,30,32)(H,31,33,34). The molecule has 6 rings (SSSR count). The quantitative estimate of drug-likeness (QED) is 0.271. The Labute approximate surface area is 224 Å². The lowest BCUT2D eigenvalue weighted by Crippen LogP contribution is -2.43. The summed E-state index contributed by atoms with van der Waals surface area (Å²) in [6, 6.07) is 6.16. The molecule has 194 valence electrons. The van der Waals surface area contributed by atoms with Crippen LogP contribution in [-0.2, 0) is 13.0 Å². The van der Waals surface area contributed by atoms with Crippen molar-refractivity contribution in [2.75, 3.05) is 49.9 Å². The van der Waals surface area contributed by atoms with Crippen LogP contribution < -0.4 is 21.7 Å². The molecule has 4 aromatic rings. The first-order valence-electron chi connectivity index (χ1n) is 12.7. The van der Waals surface area contributed by atoms with E-state index in [0.717, 1.165) is 96.3 Å². The van der Waals surface area contributed by atoms with E-state index in [2.05, 4.69) is 32.0 Å². The Hall–Kier alpha value is -2.70. The van der Waals surface area contributed by atoms with Crippen molar-refractivity contribution in [1.82, 2.24) is 35.1 Å². The Balaban J connectivity index is 1.34. The summed E-state index contributed by atoms with van der Waals surface area (Å²) in [5, 5.41) is 6.43. The Bertz CT molecular complexity index is 1450. The van der Waals surface area contributed by atoms with Crippen LogP contribution in [0, 0.1) is 0 Å². The number of H-pyrrole nitrogens is 1. The number of nitrogens with zero attached hydrogens (tertiary/aromatic N) is 6. The molecule has 0 bridgehead atoms. The third kappa shape index (κ3) is 4.94. The van der Waals surface area contributed by atoms with Crippen molar-refractivity contribution in [2.24, 2.45) is 5.73 Å². The molecule has 10 nitrogen and oxygen atoms in total. The van der Waals surface area contributed by atoms with E-state index >= 15 is 0 Å². The number of anilines is 2. The second kappa shape index (κ2) is 10.2. The summed E-state index contributed by atoms with van der Waals surface area (Å²) in [5.41, 5.74) is 15.1. The maximum absolute atomic E-state index is 6.75. The molecule has 1 atom stereocenters. The highest BCUT2D eigenvalue weighted by molar-refractivity contribution is 7.99. The first kappa shape index (κ1) is 24.6. The smallest absolute Gasteiger partial charge is 0.196 e. The van der Waals surface area contributed by atoms with Crippen LogP contribution in [0.15, 0.2) is 28.3 Å². The lowest BCUT2D eigenvalue weighted by Gasteiger charge is -2.26. The van der Waals surface area contributed by atoms with Crippen molar-refractivity contribution in [3.8, 4) is 0 Å². The molecule has 0 amide bonds. The molecular weight excluding hydrogens is 508 g/mol. The van der Waals surface area contributed by atoms with Gasteiger partial charge in [-0.3, -0.25) is 4.90 Å². The molecule has 6 N–H and O–H groups in total. The average Bonchev–Trinajstić information content (AvgIpc) is 3.46. The largest absolute Gasteiger partial charge is 0.383 e. The summed E-state index contributed by atoms with van der Waals surface area (Å²) >= 11 is 8.24. The molecule has 2 saturated heterocycles. The lowest BCUT2D eigenvalue weighted by molar-refractivity contribution is 0.228. The minimum atomic E-state index is 0.130. The predicted molar refractivity (Wildman–Crippen MR) is 149 cm³/mol. The molecule has 1 aromatic carbocycles. The van der Waals surface area contributed by atoms with E-state index in [1.807, 2.05) is 18.2 Å². The van der Waals surface area contributed by atoms with E-state index in [4.69, 9.17) is 38.0 Å². The van der Waals surface area contributed by atoms with Crippen LogP contribution in [0.4, 0.5) is 11.6 Å². The van der Waals surface area contributed by atoms with E-state index in [-0.39, 0.29) is 6.04 Å². The van der Waals surface area contributed by atoms with E-state index in [1.165, 1.54) is 11.8 Å². The molecule has 0 saturated carbocycles. The van der Waals surface area contributed by atoms with Gasteiger partial charge in [0.05, 0.1) is 22.5 Å². The van der Waals surface area contributed by atoms with Gasteiger partial charge >= 0.3 is 0 Å². The number of aromatic amines is 1. The average molecular weight is 539 g/mol. The lowest BCUT2D eigenvalue weighted by atomic mass is 10.2. The zero-order chi connectivity index (χ0) is 25.5. The highest BCUT2D eigenvalue weighted by atomic mass is 35.5. The molecule has 0 spiro atoms. The number of nitrogens with one attached hydrogen (secondary N) is 2. The SMILES string of the molecule is CCc1[nH]c2nc(Sc3ccc4c(N)nc(CN5CCNCC5)nc4c3)nc(N3CCC(N)C3)c2c1Cl. The third-order valence-electron chi connectivity index (χ3n) is 7.03. The number of hydrogen-bond donors (Lipinski definition) is 4. The number of nitrogens with two attached hydrogens (primary N) is 2. The number of aromatic nitrogens is 5. The number of benzene rings is 1. The van der Waals surface area contributed by atoms with Gasteiger partial charge in [0.25, 0.3) is 0 Å². The molecule has 2 fully saturated rings. The van der Waals surface area contributed by atoms with Crippen molar-refractivity contribution < 1.29 is 0 Å². The molecule has 3 aromatic heterocycles. The molecule has 0 radical (unpaired) electrons. The molecule has 1 unspecified atom stereocenters. The topological polar surface area (TPSA) is 138 Å². The summed E-state index contributed by atoms with van der Waals surface area (Å²) in [6.45, 7) is 8.27. The van der Waals surface area contributed by atoms with Crippen LogP contribution in [0.5, 0.6) is 0 Å². The summed E-state index contributed by atoms with van der Waals surface area (Å²) in [6.07, 6.45) is 1.72. The second-order valence-corrected chi connectivity index (χ2v) is 11.1. The number of halogens is 1. The molecule has 5 heterocycles. The first-order valence-corrected chi connectivity index (χ1v) is 13.9. The van der Waals surface area contributed by atoms with E-state index < -0.39 is 0 Å². The third-order valence-corrected chi connectivity index (χ3v) is 8.30. The zero-order valence-electron chi connectivity index (χ0n) is 20.8. The number of piperazine rings is 1. The maximum Gasteiger partial charge on any atom is 0.196 e. The Morgan fingerprint density at radius 3 is 2.73 bits per heavy atom. The number of fused-ring (bicyclic) bond motifs is 2. The van der Waals surface area contributed by atoms with Gasteiger partial charge in [-0.2, -0.15) is 0 Å². The summed E-state index contributed by atoms with van der Waals surface area (Å²) in [5.74, 6) is 2.09. The van der Waals surface area contributed by atoms with E-state index in [0.29, 0.717) is 22.5 Å². The minimum absolute atomic E-state index is 0.130. The van der Waals surface area contributed by atoms with Gasteiger partial charge in [-0.25, -0.2) is 19.9 Å². The number of aryl methyl sites for hydroxylation is 1. The fourth-order valence-electron chi connectivity index (χ4n) is 5.06. The molecule has 12 heteroatoms. The van der Waals surface area contributed by atoms with Gasteiger partial charge in [-0.15, -0.1) is 0 Å². The fraction of sp³-hybridized carbons (Fsp3) is 0.440. The summed E-state index contributed by atoms with van der Waals surface area (Å²) in [7, 11) is 0. The Kier molecular flexibility index (Phi) is 6.80. The van der Waals surface area contributed by atoms with Crippen LogP contribution >= 0.6 is 23.4 Å². The molecular formula is C25H31ClN10S. The number of hydrogen-bond acceptors (Lipinski definition) is 10. The predicted octanol–water partition coefficient (Wildman–Crippen LogP) is 2.79. The highest BCUT2D eigenvalue weighted by Gasteiger charge is 2.26. The van der Waals surface area contributed by atoms with Crippen LogP contribution in [0.25, 0.3) is 21.9 Å². The van der Waals surface area contributed by atoms with Crippen molar-refractivity contribution in [1.29, 1.82) is 0 Å². The minimum Gasteiger partial charge on any atom is -0.383 e. The molecule has 0 aliphatic carbocycles. The molecule has 2 aliphatic rings. The van der Waals surface area contributed by atoms with Gasteiger partial charge in [0.15, 0.2) is 5.16 Å². The van der Waals surface area contributed by atoms with Crippen molar-refractivity contribution in [3.63, 3.8) is 0 Å². The fourth-order valence-corrected chi connectivity index (χ4v) is 6.20. The molecule has 37 heavy (non-hydrogen) atoms. The van der Waals surface area contributed by atoms with Crippen LogP contribution in [-0.4, -0.2) is 75.1 Å². The van der Waals surface area contributed by atoms with Gasteiger partial charge in [0.1, 0.15) is 23.1 Å². The maximum atomic E-state index is 6.75. The monoisotopic (exact) mass is 538 g/mol. The van der Waals surface area contributed by atoms with Crippen LogP contribution in [0.3, 0.4) is 0 Å². The molecule has 2 aliphatic heterocycles. The summed E-state index contributed by atoms with van der Waals surface area (Å²) < 4.78 is 0. The van der Waals surface area contributed by atoms with E-state index in [9.17, 15) is 0 Å². The van der Waals surface area contributed by atoms with Crippen LogP contribution in [0.1, 0.15) is 24.9 Å². The van der Waals surface area contributed by atoms with Crippen LogP contribution in [0.2, 0.25) is 5.02 Å². The van der Waals surface area contributed by atoms with Crippen molar-refractivity contribution in [2.45, 2.75) is 42.4 Å². The first-order chi connectivity index (χ1) is 18.0. The van der Waals surface area contributed by atoms with Gasteiger partial charge < -0.3 is 26.7 Å². The Morgan fingerprint density at radius 2 is 1.97 bits per heavy atom. The normalized spacial score (nSPS) is 18.9. The zero-order valence-corrected chi connectivity index (χ0v) is 22.4. The van der Waals surface area contributed by atoms with Gasteiger partial charge in [0.2, 0.25) is 0 Å². The van der Waals surface area contributed by atoms with Gasteiger partial charge in [0, 0.05) is 61.3 Å². The summed E-state index contributed by atoms with van der Waals surface area (Å²) in [4.78, 5) is 28.1. The van der Waals surface area contributed by atoms with Gasteiger partial charge in [-0.1, -0.05) is 18.5 Å². The highest BCUT2D eigenvalue weighted by Crippen LogP contribution is 2.38. The van der Waals surface area contributed by atoms with Crippen molar-refractivity contribution in [3.05, 3.63) is 34.7 Å². The van der Waals surface area contributed by atoms with E-state index in [1.54, 1.807) is 0 Å². The number of rotatable bonds is 6. The second-order valence-electron chi connectivity index (χ2n) is 9.65. The van der Waals surface area contributed by atoms with Gasteiger partial charge in [-0.05, 0) is 42.8 Å². The van der Waals surface area contributed by atoms with Crippen molar-refractivity contribution >= 4 is 56.9 Å². The Morgan fingerprint density at radius 1 is 1.14 bits per heavy atom.